The van der Waals surface area contributed by atoms with Gasteiger partial charge in [-0.05, 0) is 26.0 Å². The van der Waals surface area contributed by atoms with Crippen molar-refractivity contribution < 1.29 is 9.72 Å². The zero-order valence-electron chi connectivity index (χ0n) is 10.1. The second-order valence-electron chi connectivity index (χ2n) is 3.91. The topological polar surface area (TPSA) is 72.2 Å². The Bertz CT molecular complexity index is 508. The van der Waals surface area contributed by atoms with Crippen LogP contribution in [-0.4, -0.2) is 17.4 Å². The molecule has 0 saturated carbocycles. The third-order valence-corrected chi connectivity index (χ3v) is 2.48. The molecule has 0 aromatic heterocycles. The van der Waals surface area contributed by atoms with Crippen molar-refractivity contribution in [1.29, 1.82) is 0 Å². The van der Waals surface area contributed by atoms with Gasteiger partial charge in [0.25, 0.3) is 11.6 Å². The van der Waals surface area contributed by atoms with Crippen LogP contribution in [0.1, 0.15) is 24.2 Å². The van der Waals surface area contributed by atoms with Crippen LogP contribution in [0, 0.1) is 10.1 Å². The standard InChI is InChI=1S/C12H13ClN2O3/c1-8(2)5-6-14-12(16)9-3-4-11(15(17)18)10(13)7-9/h3-5,7H,6H2,1-2H3,(H,14,16). The van der Waals surface area contributed by atoms with Crippen LogP contribution >= 0.6 is 11.6 Å². The van der Waals surface area contributed by atoms with Crippen LogP contribution in [0.5, 0.6) is 0 Å². The number of nitrogens with zero attached hydrogens (tertiary/aromatic N) is 1. The summed E-state index contributed by atoms with van der Waals surface area (Å²) in [6, 6.07) is 3.89. The first kappa shape index (κ1) is 14.2. The number of amides is 1. The van der Waals surface area contributed by atoms with E-state index in [0.717, 1.165) is 5.57 Å². The normalized spacial score (nSPS) is 9.72. The van der Waals surface area contributed by atoms with E-state index in [-0.39, 0.29) is 16.6 Å². The van der Waals surface area contributed by atoms with Crippen LogP contribution < -0.4 is 5.32 Å². The highest BCUT2D eigenvalue weighted by atomic mass is 35.5. The van der Waals surface area contributed by atoms with E-state index < -0.39 is 4.92 Å². The fourth-order valence-corrected chi connectivity index (χ4v) is 1.50. The summed E-state index contributed by atoms with van der Waals surface area (Å²) in [5.41, 5.74) is 1.18. The molecule has 0 spiro atoms. The molecular weight excluding hydrogens is 256 g/mol. The molecule has 1 N–H and O–H groups in total. The first-order valence-corrected chi connectivity index (χ1v) is 5.65. The van der Waals surface area contributed by atoms with Gasteiger partial charge in [-0.15, -0.1) is 0 Å². The van der Waals surface area contributed by atoms with Gasteiger partial charge >= 0.3 is 0 Å². The number of allylic oxidation sites excluding steroid dienone is 1. The highest BCUT2D eigenvalue weighted by Crippen LogP contribution is 2.24. The van der Waals surface area contributed by atoms with Crippen molar-refractivity contribution in [3.8, 4) is 0 Å². The molecule has 1 rings (SSSR count). The molecule has 1 aromatic rings. The van der Waals surface area contributed by atoms with Crippen molar-refractivity contribution in [1.82, 2.24) is 5.32 Å². The van der Waals surface area contributed by atoms with E-state index >= 15 is 0 Å². The Morgan fingerprint density at radius 1 is 1.50 bits per heavy atom. The summed E-state index contributed by atoms with van der Waals surface area (Å²) in [6.45, 7) is 4.26. The van der Waals surface area contributed by atoms with Crippen LogP contribution in [0.15, 0.2) is 29.8 Å². The smallest absolute Gasteiger partial charge is 0.287 e. The third kappa shape index (κ3) is 3.85. The van der Waals surface area contributed by atoms with Crippen molar-refractivity contribution in [2.24, 2.45) is 0 Å². The molecule has 1 aromatic carbocycles. The molecule has 0 aliphatic carbocycles. The molecule has 0 saturated heterocycles. The third-order valence-electron chi connectivity index (χ3n) is 2.18. The van der Waals surface area contributed by atoms with Gasteiger partial charge in [0.15, 0.2) is 0 Å². The molecule has 0 aliphatic rings. The summed E-state index contributed by atoms with van der Waals surface area (Å²) in [4.78, 5) is 21.7. The van der Waals surface area contributed by atoms with Crippen molar-refractivity contribution in [2.75, 3.05) is 6.54 Å². The van der Waals surface area contributed by atoms with Gasteiger partial charge in [0, 0.05) is 18.2 Å². The van der Waals surface area contributed by atoms with Crippen LogP contribution in [0.4, 0.5) is 5.69 Å². The molecule has 0 heterocycles. The minimum atomic E-state index is -0.590. The monoisotopic (exact) mass is 268 g/mol. The molecule has 6 heteroatoms. The van der Waals surface area contributed by atoms with Gasteiger partial charge in [-0.1, -0.05) is 23.3 Å². The van der Waals surface area contributed by atoms with Crippen LogP contribution in [0.2, 0.25) is 5.02 Å². The number of nitro benzene ring substituents is 1. The lowest BCUT2D eigenvalue weighted by atomic mass is 10.2. The summed E-state index contributed by atoms with van der Waals surface area (Å²) < 4.78 is 0. The zero-order valence-corrected chi connectivity index (χ0v) is 10.8. The van der Waals surface area contributed by atoms with Crippen LogP contribution in [0.3, 0.4) is 0 Å². The number of rotatable bonds is 4. The Balaban J connectivity index is 2.79. The van der Waals surface area contributed by atoms with E-state index in [4.69, 9.17) is 11.6 Å². The lowest BCUT2D eigenvalue weighted by Gasteiger charge is -2.03. The van der Waals surface area contributed by atoms with E-state index in [0.29, 0.717) is 12.1 Å². The molecule has 0 fully saturated rings. The van der Waals surface area contributed by atoms with Gasteiger partial charge in [0.1, 0.15) is 5.02 Å². The van der Waals surface area contributed by atoms with Gasteiger partial charge in [-0.3, -0.25) is 14.9 Å². The van der Waals surface area contributed by atoms with E-state index in [1.807, 2.05) is 19.9 Å². The van der Waals surface area contributed by atoms with Gasteiger partial charge in [0.2, 0.25) is 0 Å². The number of nitro groups is 1. The number of halogens is 1. The molecule has 0 atom stereocenters. The molecule has 96 valence electrons. The van der Waals surface area contributed by atoms with E-state index in [2.05, 4.69) is 5.32 Å². The molecular formula is C12H13ClN2O3. The fourth-order valence-electron chi connectivity index (χ4n) is 1.25. The number of hydrogen-bond donors (Lipinski definition) is 1. The predicted octanol–water partition coefficient (Wildman–Crippen LogP) is 2.94. The molecule has 0 aliphatic heterocycles. The van der Waals surface area contributed by atoms with Gasteiger partial charge < -0.3 is 5.32 Å². The number of benzene rings is 1. The highest BCUT2D eigenvalue weighted by molar-refractivity contribution is 6.33. The first-order chi connectivity index (χ1) is 8.41. The molecule has 5 nitrogen and oxygen atoms in total. The second-order valence-corrected chi connectivity index (χ2v) is 4.32. The predicted molar refractivity (Wildman–Crippen MR) is 69.9 cm³/mol. The van der Waals surface area contributed by atoms with Crippen molar-refractivity contribution in [3.63, 3.8) is 0 Å². The van der Waals surface area contributed by atoms with Crippen molar-refractivity contribution >= 4 is 23.2 Å². The molecule has 1 amide bonds. The Hall–Kier alpha value is -1.88. The highest BCUT2D eigenvalue weighted by Gasteiger charge is 2.14. The molecule has 0 bridgehead atoms. The van der Waals surface area contributed by atoms with Gasteiger partial charge in [0.05, 0.1) is 4.92 Å². The van der Waals surface area contributed by atoms with E-state index in [9.17, 15) is 14.9 Å². The molecule has 18 heavy (non-hydrogen) atoms. The number of nitrogens with one attached hydrogen (secondary N) is 1. The van der Waals surface area contributed by atoms with Gasteiger partial charge in [-0.2, -0.15) is 0 Å². The number of hydrogen-bond acceptors (Lipinski definition) is 3. The molecule has 0 radical (unpaired) electrons. The largest absolute Gasteiger partial charge is 0.349 e. The minimum Gasteiger partial charge on any atom is -0.349 e. The first-order valence-electron chi connectivity index (χ1n) is 5.27. The summed E-state index contributed by atoms with van der Waals surface area (Å²) >= 11 is 5.72. The van der Waals surface area contributed by atoms with Gasteiger partial charge in [-0.25, -0.2) is 0 Å². The average Bonchev–Trinajstić information content (AvgIpc) is 2.27. The summed E-state index contributed by atoms with van der Waals surface area (Å²) in [5, 5.41) is 13.2. The van der Waals surface area contributed by atoms with Crippen molar-refractivity contribution in [3.05, 3.63) is 50.5 Å². The summed E-state index contributed by atoms with van der Waals surface area (Å²) in [6.07, 6.45) is 1.87. The lowest BCUT2D eigenvalue weighted by Crippen LogP contribution is -2.23. The summed E-state index contributed by atoms with van der Waals surface area (Å²) in [5.74, 6) is -0.315. The lowest BCUT2D eigenvalue weighted by molar-refractivity contribution is -0.384. The molecule has 0 unspecified atom stereocenters. The second kappa shape index (κ2) is 6.16. The SMILES string of the molecule is CC(C)=CCNC(=O)c1ccc([N+](=O)[O-])c(Cl)c1. The Morgan fingerprint density at radius 3 is 2.67 bits per heavy atom. The van der Waals surface area contributed by atoms with Crippen molar-refractivity contribution in [2.45, 2.75) is 13.8 Å². The quantitative estimate of drug-likeness (QED) is 0.518. The average molecular weight is 269 g/mol. The zero-order chi connectivity index (χ0) is 13.7. The summed E-state index contributed by atoms with van der Waals surface area (Å²) in [7, 11) is 0. The maximum atomic E-state index is 11.7. The number of carbonyl (C=O) groups excluding carboxylic acids is 1. The maximum absolute atomic E-state index is 11.7. The van der Waals surface area contributed by atoms with Crippen LogP contribution in [0.25, 0.3) is 0 Å². The van der Waals surface area contributed by atoms with E-state index in [1.54, 1.807) is 0 Å². The number of carbonyl (C=O) groups is 1. The Labute approximate surface area is 110 Å². The van der Waals surface area contributed by atoms with E-state index in [1.165, 1.54) is 18.2 Å². The Morgan fingerprint density at radius 2 is 2.17 bits per heavy atom. The maximum Gasteiger partial charge on any atom is 0.287 e. The minimum absolute atomic E-state index is 0.0464. The Kier molecular flexibility index (Phi) is 4.85. The fraction of sp³-hybridized carbons (Fsp3) is 0.250. The van der Waals surface area contributed by atoms with Crippen LogP contribution in [-0.2, 0) is 0 Å².